The molecule has 3 aromatic carbocycles. The Bertz CT molecular complexity index is 1190. The van der Waals surface area contributed by atoms with Crippen LogP contribution in [-0.2, 0) is 29.0 Å². The van der Waals surface area contributed by atoms with Crippen LogP contribution >= 0.6 is 0 Å². The Hall–Kier alpha value is -4.53. The Balaban J connectivity index is 1.47. The lowest BCUT2D eigenvalue weighted by Gasteiger charge is -2.22. The van der Waals surface area contributed by atoms with E-state index in [-0.39, 0.29) is 18.9 Å². The summed E-state index contributed by atoms with van der Waals surface area (Å²) in [6, 6.07) is 27.1. The number of hydrogen-bond acceptors (Lipinski definition) is 6. The average Bonchev–Trinajstić information content (AvgIpc) is 3.44. The molecule has 0 spiro atoms. The summed E-state index contributed by atoms with van der Waals surface area (Å²) in [6.45, 7) is 0.103. The summed E-state index contributed by atoms with van der Waals surface area (Å²) < 4.78 is 5.35. The summed E-state index contributed by atoms with van der Waals surface area (Å²) in [4.78, 5) is 26.0. The lowest BCUT2D eigenvalue weighted by atomic mass is 10.0. The van der Waals surface area contributed by atoms with E-state index in [1.807, 2.05) is 91.0 Å². The van der Waals surface area contributed by atoms with Gasteiger partial charge in [-0.25, -0.2) is 4.79 Å². The molecule has 1 heterocycles. The Labute approximate surface area is 202 Å². The Morgan fingerprint density at radius 2 is 1.34 bits per heavy atom. The van der Waals surface area contributed by atoms with Crippen molar-refractivity contribution in [1.29, 1.82) is 0 Å². The summed E-state index contributed by atoms with van der Waals surface area (Å²) in [6.07, 6.45) is 0.0733. The van der Waals surface area contributed by atoms with E-state index < -0.39 is 18.2 Å². The molecule has 2 amide bonds. The normalized spacial score (nSPS) is 12.3. The molecule has 2 atom stereocenters. The zero-order valence-electron chi connectivity index (χ0n) is 19.0. The van der Waals surface area contributed by atoms with Crippen LogP contribution in [0.2, 0.25) is 0 Å². The van der Waals surface area contributed by atoms with Gasteiger partial charge in [-0.3, -0.25) is 4.79 Å². The van der Waals surface area contributed by atoms with E-state index in [2.05, 4.69) is 31.3 Å². The number of nitrogens with zero attached hydrogens (tertiary/aromatic N) is 3. The molecule has 4 aromatic rings. The fraction of sp³-hybridized carbons (Fsp3) is 0.192. The molecular weight excluding hydrogens is 444 g/mol. The predicted octanol–water partition coefficient (Wildman–Crippen LogP) is 3.14. The van der Waals surface area contributed by atoms with Gasteiger partial charge in [-0.2, -0.15) is 5.21 Å². The van der Waals surface area contributed by atoms with Gasteiger partial charge in [0.05, 0.1) is 6.04 Å². The molecule has 35 heavy (non-hydrogen) atoms. The second kappa shape index (κ2) is 12.1. The maximum absolute atomic E-state index is 13.4. The molecule has 9 heteroatoms. The van der Waals surface area contributed by atoms with E-state index in [1.165, 1.54) is 0 Å². The number of hydrogen-bond donors (Lipinski definition) is 3. The highest BCUT2D eigenvalue weighted by Gasteiger charge is 2.27. The molecule has 0 aliphatic rings. The van der Waals surface area contributed by atoms with Crippen molar-refractivity contribution in [3.63, 3.8) is 0 Å². The average molecular weight is 471 g/mol. The molecule has 3 N–H and O–H groups in total. The lowest BCUT2D eigenvalue weighted by molar-refractivity contribution is -0.123. The van der Waals surface area contributed by atoms with Crippen LogP contribution < -0.4 is 10.6 Å². The second-order valence-corrected chi connectivity index (χ2v) is 7.97. The van der Waals surface area contributed by atoms with E-state index in [0.29, 0.717) is 12.2 Å². The molecule has 0 fully saturated rings. The zero-order chi connectivity index (χ0) is 24.3. The third-order valence-corrected chi connectivity index (χ3v) is 5.38. The number of amides is 2. The molecule has 1 aromatic heterocycles. The van der Waals surface area contributed by atoms with Crippen LogP contribution in [0.25, 0.3) is 0 Å². The second-order valence-electron chi connectivity index (χ2n) is 7.97. The maximum atomic E-state index is 13.4. The fourth-order valence-corrected chi connectivity index (χ4v) is 3.61. The highest BCUT2D eigenvalue weighted by Crippen LogP contribution is 2.15. The third kappa shape index (κ3) is 7.23. The number of aromatic amines is 1. The first-order valence-electron chi connectivity index (χ1n) is 11.3. The van der Waals surface area contributed by atoms with Crippen molar-refractivity contribution < 1.29 is 14.3 Å². The third-order valence-electron chi connectivity index (χ3n) is 5.38. The molecule has 0 saturated carbocycles. The first-order chi connectivity index (χ1) is 17.2. The van der Waals surface area contributed by atoms with Crippen LogP contribution in [0.15, 0.2) is 91.0 Å². The van der Waals surface area contributed by atoms with E-state index in [4.69, 9.17) is 4.74 Å². The van der Waals surface area contributed by atoms with E-state index >= 15 is 0 Å². The SMILES string of the molecule is O=C(N[C@@H](Cc1ccccc1)C(=O)N[C@@H](Cc1ccccc1)c1nn[nH]n1)OCc1ccccc1. The molecule has 4 rings (SSSR count). The van der Waals surface area contributed by atoms with Crippen LogP contribution in [0, 0.1) is 0 Å². The van der Waals surface area contributed by atoms with Crippen LogP contribution in [0.5, 0.6) is 0 Å². The number of carbonyl (C=O) groups excluding carboxylic acids is 2. The Morgan fingerprint density at radius 1 is 0.771 bits per heavy atom. The molecule has 0 bridgehead atoms. The van der Waals surface area contributed by atoms with Crippen molar-refractivity contribution >= 4 is 12.0 Å². The molecule has 0 aliphatic heterocycles. The number of ether oxygens (including phenoxy) is 1. The van der Waals surface area contributed by atoms with Crippen molar-refractivity contribution in [2.24, 2.45) is 0 Å². The molecule has 0 aliphatic carbocycles. The number of benzene rings is 3. The van der Waals surface area contributed by atoms with Crippen LogP contribution in [0.4, 0.5) is 4.79 Å². The standard InChI is InChI=1S/C26H26N6O3/c33-25(27-22(24-29-31-32-30-24)16-19-10-4-1-5-11-19)23(17-20-12-6-2-7-13-20)28-26(34)35-18-21-14-8-3-9-15-21/h1-15,22-23H,16-18H2,(H,27,33)(H,28,34)(H,29,30,31,32)/t22-,23-/m0/s1. The van der Waals surface area contributed by atoms with E-state index in [1.54, 1.807) is 0 Å². The van der Waals surface area contributed by atoms with Crippen molar-refractivity contribution in [1.82, 2.24) is 31.3 Å². The first kappa shape index (κ1) is 23.6. The van der Waals surface area contributed by atoms with Gasteiger partial charge in [0.15, 0.2) is 5.82 Å². The van der Waals surface area contributed by atoms with E-state index in [0.717, 1.165) is 16.7 Å². The van der Waals surface area contributed by atoms with Crippen LogP contribution in [0.3, 0.4) is 0 Å². The Kier molecular flexibility index (Phi) is 8.15. The van der Waals surface area contributed by atoms with Gasteiger partial charge in [0.1, 0.15) is 12.6 Å². The minimum Gasteiger partial charge on any atom is -0.445 e. The minimum absolute atomic E-state index is 0.103. The highest BCUT2D eigenvalue weighted by atomic mass is 16.5. The summed E-state index contributed by atoms with van der Waals surface area (Å²) in [7, 11) is 0. The van der Waals surface area contributed by atoms with Gasteiger partial charge in [0.2, 0.25) is 5.91 Å². The van der Waals surface area contributed by atoms with Gasteiger partial charge in [0.25, 0.3) is 0 Å². The smallest absolute Gasteiger partial charge is 0.408 e. The van der Waals surface area contributed by atoms with Crippen molar-refractivity contribution in [2.75, 3.05) is 0 Å². The van der Waals surface area contributed by atoms with Gasteiger partial charge in [0, 0.05) is 12.8 Å². The quantitative estimate of drug-likeness (QED) is 0.327. The number of carbonyl (C=O) groups is 2. The molecule has 0 saturated heterocycles. The molecule has 178 valence electrons. The monoisotopic (exact) mass is 470 g/mol. The summed E-state index contributed by atoms with van der Waals surface area (Å²) >= 11 is 0. The van der Waals surface area contributed by atoms with Crippen LogP contribution in [0.1, 0.15) is 28.6 Å². The van der Waals surface area contributed by atoms with Gasteiger partial charge >= 0.3 is 6.09 Å². The number of alkyl carbamates (subject to hydrolysis) is 1. The molecule has 0 radical (unpaired) electrons. The van der Waals surface area contributed by atoms with Crippen LogP contribution in [-0.4, -0.2) is 38.7 Å². The molecule has 9 nitrogen and oxygen atoms in total. The summed E-state index contributed by atoms with van der Waals surface area (Å²) in [5.74, 6) is -0.0245. The number of tetrazole rings is 1. The zero-order valence-corrected chi connectivity index (χ0v) is 19.0. The van der Waals surface area contributed by atoms with Gasteiger partial charge in [-0.15, -0.1) is 10.2 Å². The highest BCUT2D eigenvalue weighted by molar-refractivity contribution is 5.86. The van der Waals surface area contributed by atoms with Crippen molar-refractivity contribution in [2.45, 2.75) is 31.5 Å². The van der Waals surface area contributed by atoms with Gasteiger partial charge < -0.3 is 15.4 Å². The summed E-state index contributed by atoms with van der Waals surface area (Å²) in [5.41, 5.74) is 2.75. The largest absolute Gasteiger partial charge is 0.445 e. The number of rotatable bonds is 10. The molecule has 0 unspecified atom stereocenters. The minimum atomic E-state index is -0.870. The van der Waals surface area contributed by atoms with Crippen molar-refractivity contribution in [3.8, 4) is 0 Å². The topological polar surface area (TPSA) is 122 Å². The fourth-order valence-electron chi connectivity index (χ4n) is 3.61. The predicted molar refractivity (Wildman–Crippen MR) is 129 cm³/mol. The van der Waals surface area contributed by atoms with E-state index in [9.17, 15) is 9.59 Å². The first-order valence-corrected chi connectivity index (χ1v) is 11.3. The summed E-state index contributed by atoms with van der Waals surface area (Å²) in [5, 5.41) is 19.9. The maximum Gasteiger partial charge on any atom is 0.408 e. The van der Waals surface area contributed by atoms with Gasteiger partial charge in [-0.05, 0) is 16.7 Å². The molecular formula is C26H26N6O3. The number of nitrogens with one attached hydrogen (secondary N) is 3. The van der Waals surface area contributed by atoms with Gasteiger partial charge in [-0.1, -0.05) is 96.2 Å². The lowest BCUT2D eigenvalue weighted by Crippen LogP contribution is -2.49. The Morgan fingerprint density at radius 3 is 1.91 bits per heavy atom. The van der Waals surface area contributed by atoms with Crippen molar-refractivity contribution in [3.05, 3.63) is 114 Å². The number of H-pyrrole nitrogens is 1. The number of aromatic nitrogens is 4.